The molecule has 1 amide bonds. The number of sulfonamides is 1. The van der Waals surface area contributed by atoms with Crippen LogP contribution in [0.2, 0.25) is 0 Å². The van der Waals surface area contributed by atoms with E-state index in [1.54, 1.807) is 12.1 Å². The quantitative estimate of drug-likeness (QED) is 0.382. The van der Waals surface area contributed by atoms with Crippen molar-refractivity contribution in [2.24, 2.45) is 0 Å². The predicted molar refractivity (Wildman–Crippen MR) is 146 cm³/mol. The Morgan fingerprint density at radius 3 is 2.18 bits per heavy atom. The first kappa shape index (κ1) is 27.6. The minimum atomic E-state index is -4.11. The fraction of sp³-hybridized carbons (Fsp3) is 0.345. The molecule has 9 heteroatoms. The van der Waals surface area contributed by atoms with Crippen molar-refractivity contribution in [1.82, 2.24) is 10.2 Å². The zero-order valence-electron chi connectivity index (χ0n) is 21.6. The third kappa shape index (κ3) is 7.33. The number of ether oxygens (including phenoxy) is 1. The lowest BCUT2D eigenvalue weighted by atomic mass is 10.1. The van der Waals surface area contributed by atoms with Crippen LogP contribution in [0.3, 0.4) is 0 Å². The molecule has 0 bridgehead atoms. The molecule has 0 aromatic heterocycles. The summed E-state index contributed by atoms with van der Waals surface area (Å²) < 4.78 is 46.9. The number of hydrogen-bond donors (Lipinski definition) is 1. The molecule has 1 N–H and O–H groups in total. The average Bonchev–Trinajstić information content (AvgIpc) is 2.93. The van der Waals surface area contributed by atoms with Gasteiger partial charge in [0.1, 0.15) is 18.1 Å². The summed E-state index contributed by atoms with van der Waals surface area (Å²) in [6, 6.07) is 19.1. The van der Waals surface area contributed by atoms with Crippen LogP contribution in [0.1, 0.15) is 37.3 Å². The van der Waals surface area contributed by atoms with E-state index >= 15 is 0 Å². The zero-order valence-corrected chi connectivity index (χ0v) is 22.4. The van der Waals surface area contributed by atoms with Crippen LogP contribution in [0.25, 0.3) is 0 Å². The van der Waals surface area contributed by atoms with Gasteiger partial charge in [-0.1, -0.05) is 30.7 Å². The Morgan fingerprint density at radius 2 is 1.55 bits per heavy atom. The normalized spacial score (nSPS) is 14.2. The first-order valence-electron chi connectivity index (χ1n) is 12.9. The third-order valence-corrected chi connectivity index (χ3v) is 8.28. The number of carbonyl (C=O) groups is 1. The molecule has 0 unspecified atom stereocenters. The second kappa shape index (κ2) is 12.9. The summed E-state index contributed by atoms with van der Waals surface area (Å²) in [6.07, 6.45) is 3.79. The largest absolute Gasteiger partial charge is 0.494 e. The highest BCUT2D eigenvalue weighted by Crippen LogP contribution is 2.25. The minimum absolute atomic E-state index is 0.00220. The molecule has 1 aliphatic rings. The van der Waals surface area contributed by atoms with Crippen LogP contribution in [0, 0.1) is 5.82 Å². The lowest BCUT2D eigenvalue weighted by Crippen LogP contribution is -2.40. The molecule has 202 valence electrons. The monoisotopic (exact) mass is 539 g/mol. The van der Waals surface area contributed by atoms with Crippen molar-refractivity contribution in [3.8, 4) is 5.75 Å². The summed E-state index contributed by atoms with van der Waals surface area (Å²) in [5.41, 5.74) is 2.34. The molecule has 0 aliphatic carbocycles. The fourth-order valence-corrected chi connectivity index (χ4v) is 5.87. The number of halogens is 1. The summed E-state index contributed by atoms with van der Waals surface area (Å²) in [6.45, 7) is 5.28. The Kier molecular flexibility index (Phi) is 9.36. The van der Waals surface area contributed by atoms with Crippen LogP contribution in [-0.2, 0) is 27.9 Å². The second-order valence-electron chi connectivity index (χ2n) is 9.32. The van der Waals surface area contributed by atoms with Gasteiger partial charge in [-0.05, 0) is 92.5 Å². The average molecular weight is 540 g/mol. The molecule has 3 aromatic carbocycles. The van der Waals surface area contributed by atoms with E-state index in [0.717, 1.165) is 29.5 Å². The van der Waals surface area contributed by atoms with E-state index in [4.69, 9.17) is 4.74 Å². The number of nitrogens with one attached hydrogen (secondary N) is 1. The summed E-state index contributed by atoms with van der Waals surface area (Å²) in [7, 11) is -4.11. The van der Waals surface area contributed by atoms with Crippen LogP contribution < -0.4 is 14.4 Å². The number of amides is 1. The number of nitrogens with zero attached hydrogens (tertiary/aromatic N) is 2. The van der Waals surface area contributed by atoms with Crippen molar-refractivity contribution in [1.29, 1.82) is 0 Å². The molecular weight excluding hydrogens is 505 g/mol. The molecule has 1 fully saturated rings. The van der Waals surface area contributed by atoms with Gasteiger partial charge in [0.05, 0.1) is 17.2 Å². The van der Waals surface area contributed by atoms with Crippen LogP contribution >= 0.6 is 0 Å². The van der Waals surface area contributed by atoms with Crippen molar-refractivity contribution in [2.45, 2.75) is 44.2 Å². The first-order chi connectivity index (χ1) is 18.3. The van der Waals surface area contributed by atoms with E-state index in [-0.39, 0.29) is 17.1 Å². The Morgan fingerprint density at radius 1 is 0.921 bits per heavy atom. The van der Waals surface area contributed by atoms with E-state index in [2.05, 4.69) is 22.3 Å². The molecule has 38 heavy (non-hydrogen) atoms. The molecular formula is C29H34FN3O4S. The molecule has 0 saturated carbocycles. The number of carbonyl (C=O) groups excluding carboxylic acids is 1. The van der Waals surface area contributed by atoms with E-state index in [0.29, 0.717) is 12.4 Å². The Bertz CT molecular complexity index is 1290. The molecule has 7 nitrogen and oxygen atoms in total. The minimum Gasteiger partial charge on any atom is -0.494 e. The molecule has 1 aliphatic heterocycles. The Labute approximate surface area is 224 Å². The number of rotatable bonds is 11. The number of anilines is 1. The highest BCUT2D eigenvalue weighted by Gasteiger charge is 2.27. The molecule has 0 radical (unpaired) electrons. The number of piperidine rings is 1. The van der Waals surface area contributed by atoms with E-state index in [1.165, 1.54) is 61.2 Å². The van der Waals surface area contributed by atoms with Crippen LogP contribution in [0.5, 0.6) is 5.75 Å². The second-order valence-corrected chi connectivity index (χ2v) is 11.2. The van der Waals surface area contributed by atoms with Crippen LogP contribution in [0.15, 0.2) is 77.7 Å². The van der Waals surface area contributed by atoms with Gasteiger partial charge in [-0.25, -0.2) is 12.8 Å². The third-order valence-electron chi connectivity index (χ3n) is 6.49. The van der Waals surface area contributed by atoms with E-state index in [9.17, 15) is 17.6 Å². The van der Waals surface area contributed by atoms with Gasteiger partial charge < -0.3 is 10.1 Å². The Hall–Kier alpha value is -3.43. The molecule has 0 atom stereocenters. The number of hydrogen-bond acceptors (Lipinski definition) is 5. The van der Waals surface area contributed by atoms with Gasteiger partial charge in [0.25, 0.3) is 10.0 Å². The van der Waals surface area contributed by atoms with Crippen LogP contribution in [0.4, 0.5) is 10.1 Å². The van der Waals surface area contributed by atoms with Crippen molar-refractivity contribution in [2.75, 3.05) is 30.5 Å². The van der Waals surface area contributed by atoms with Crippen molar-refractivity contribution in [3.05, 3.63) is 89.7 Å². The van der Waals surface area contributed by atoms with Gasteiger partial charge >= 0.3 is 0 Å². The van der Waals surface area contributed by atoms with E-state index in [1.807, 2.05) is 19.1 Å². The highest BCUT2D eigenvalue weighted by molar-refractivity contribution is 7.92. The van der Waals surface area contributed by atoms with Crippen molar-refractivity contribution < 1.29 is 22.3 Å². The van der Waals surface area contributed by atoms with Gasteiger partial charge in [-0.15, -0.1) is 0 Å². The van der Waals surface area contributed by atoms with Crippen molar-refractivity contribution in [3.63, 3.8) is 0 Å². The summed E-state index contributed by atoms with van der Waals surface area (Å²) in [5.74, 6) is -0.430. The van der Waals surface area contributed by atoms with Gasteiger partial charge in [-0.2, -0.15) is 0 Å². The van der Waals surface area contributed by atoms with E-state index < -0.39 is 28.3 Å². The molecule has 0 spiro atoms. The van der Waals surface area contributed by atoms with Gasteiger partial charge in [0, 0.05) is 13.1 Å². The maximum absolute atomic E-state index is 13.6. The first-order valence-corrected chi connectivity index (χ1v) is 14.4. The Balaban J connectivity index is 1.43. The SMILES string of the molecule is CCOc1ccc(S(=O)(=O)N(CC(=O)NCc2ccc(CN3CCCCC3)cc2)c2ccc(F)cc2)cc1. The topological polar surface area (TPSA) is 79.0 Å². The molecule has 3 aromatic rings. The highest BCUT2D eigenvalue weighted by atomic mass is 32.2. The fourth-order valence-electron chi connectivity index (χ4n) is 4.45. The van der Waals surface area contributed by atoms with Crippen molar-refractivity contribution >= 4 is 21.6 Å². The molecule has 1 saturated heterocycles. The van der Waals surface area contributed by atoms with Gasteiger partial charge in [-0.3, -0.25) is 14.0 Å². The summed E-state index contributed by atoms with van der Waals surface area (Å²) in [5, 5.41) is 2.81. The maximum atomic E-state index is 13.6. The van der Waals surface area contributed by atoms with Gasteiger partial charge in [0.15, 0.2) is 0 Å². The summed E-state index contributed by atoms with van der Waals surface area (Å²) in [4.78, 5) is 15.4. The number of benzene rings is 3. The number of likely N-dealkylation sites (tertiary alicyclic amines) is 1. The summed E-state index contributed by atoms with van der Waals surface area (Å²) >= 11 is 0. The molecule has 4 rings (SSSR count). The zero-order chi connectivity index (χ0) is 27.0. The lowest BCUT2D eigenvalue weighted by molar-refractivity contribution is -0.119. The maximum Gasteiger partial charge on any atom is 0.264 e. The van der Waals surface area contributed by atoms with Gasteiger partial charge in [0.2, 0.25) is 5.91 Å². The van der Waals surface area contributed by atoms with Crippen LogP contribution in [-0.4, -0.2) is 45.5 Å². The standard InChI is InChI=1S/C29H34FN3O4S/c1-2-37-27-14-16-28(17-15-27)38(35,36)33(26-12-10-25(30)11-13-26)22-29(34)31-20-23-6-8-24(9-7-23)21-32-18-4-3-5-19-32/h6-17H,2-5,18-22H2,1H3,(H,31,34). The predicted octanol–water partition coefficient (Wildman–Crippen LogP) is 4.72. The smallest absolute Gasteiger partial charge is 0.264 e. The lowest BCUT2D eigenvalue weighted by Gasteiger charge is -2.26. The molecule has 1 heterocycles.